The molecule has 3 aromatic heterocycles. The van der Waals surface area contributed by atoms with Gasteiger partial charge in [0.1, 0.15) is 0 Å². The van der Waals surface area contributed by atoms with E-state index >= 15 is 0 Å². The Labute approximate surface area is 178 Å². The fourth-order valence-electron chi connectivity index (χ4n) is 4.59. The van der Waals surface area contributed by atoms with E-state index in [0.29, 0.717) is 47.4 Å². The van der Waals surface area contributed by atoms with Gasteiger partial charge in [-0.2, -0.15) is 0 Å². The molecule has 9 heteroatoms. The van der Waals surface area contributed by atoms with E-state index in [0.717, 1.165) is 25.1 Å². The lowest BCUT2D eigenvalue weighted by molar-refractivity contribution is 0.0733. The van der Waals surface area contributed by atoms with Crippen LogP contribution in [0, 0.1) is 31.6 Å². The van der Waals surface area contributed by atoms with Gasteiger partial charge >= 0.3 is 0 Å². The van der Waals surface area contributed by atoms with Crippen LogP contribution in [0.2, 0.25) is 0 Å². The number of piperidine rings is 1. The average molecular weight is 421 g/mol. The number of fused-ring (bicyclic) bond motifs is 1. The van der Waals surface area contributed by atoms with E-state index in [1.165, 1.54) is 0 Å². The molecule has 1 saturated heterocycles. The van der Waals surface area contributed by atoms with E-state index in [4.69, 9.17) is 8.94 Å². The first-order valence-corrected chi connectivity index (χ1v) is 10.4. The summed E-state index contributed by atoms with van der Waals surface area (Å²) in [5.74, 6) is 2.57. The van der Waals surface area contributed by atoms with Crippen LogP contribution in [0.5, 0.6) is 0 Å². The zero-order valence-corrected chi connectivity index (χ0v) is 17.4. The number of amides is 2. The van der Waals surface area contributed by atoms with Crippen molar-refractivity contribution in [2.75, 3.05) is 19.6 Å². The number of carbonyl (C=O) groups is 2. The van der Waals surface area contributed by atoms with Gasteiger partial charge in [0.2, 0.25) is 5.76 Å². The predicted molar refractivity (Wildman–Crippen MR) is 109 cm³/mol. The molecule has 1 aliphatic heterocycles. The van der Waals surface area contributed by atoms with Crippen LogP contribution >= 0.6 is 0 Å². The van der Waals surface area contributed by atoms with Gasteiger partial charge in [0.05, 0.1) is 5.69 Å². The third-order valence-electron chi connectivity index (χ3n) is 6.21. The topological polar surface area (TPSA) is 114 Å². The second-order valence-corrected chi connectivity index (χ2v) is 8.21. The van der Waals surface area contributed by atoms with E-state index in [9.17, 15) is 9.59 Å². The molecule has 0 spiro atoms. The molecule has 5 rings (SSSR count). The van der Waals surface area contributed by atoms with Gasteiger partial charge < -0.3 is 19.2 Å². The van der Waals surface area contributed by atoms with E-state index in [1.807, 2.05) is 11.0 Å². The van der Waals surface area contributed by atoms with Crippen LogP contribution in [0.15, 0.2) is 39.5 Å². The van der Waals surface area contributed by atoms with Gasteiger partial charge in [0.25, 0.3) is 11.8 Å². The SMILES string of the molecule is Cc1nc(C)c(C(=O)N2C[C@@H]3[C@@H](CCNC(=O)c4cc(-c5cccnc5)on4)[C@@H]3C2)o1. The van der Waals surface area contributed by atoms with Crippen molar-refractivity contribution in [3.05, 3.63) is 53.6 Å². The summed E-state index contributed by atoms with van der Waals surface area (Å²) in [4.78, 5) is 35.1. The zero-order chi connectivity index (χ0) is 21.5. The van der Waals surface area contributed by atoms with Crippen LogP contribution in [0.4, 0.5) is 0 Å². The fraction of sp³-hybridized carbons (Fsp3) is 0.409. The van der Waals surface area contributed by atoms with Crippen LogP contribution in [0.3, 0.4) is 0 Å². The molecule has 1 saturated carbocycles. The zero-order valence-electron chi connectivity index (χ0n) is 17.4. The van der Waals surface area contributed by atoms with E-state index in [2.05, 4.69) is 20.4 Å². The molecule has 2 amide bonds. The van der Waals surface area contributed by atoms with Gasteiger partial charge in [0, 0.05) is 50.6 Å². The summed E-state index contributed by atoms with van der Waals surface area (Å²) < 4.78 is 10.7. The molecule has 31 heavy (non-hydrogen) atoms. The highest BCUT2D eigenvalue weighted by atomic mass is 16.5. The predicted octanol–water partition coefficient (Wildman–Crippen LogP) is 2.48. The Morgan fingerprint density at radius 3 is 2.74 bits per heavy atom. The molecule has 1 N–H and O–H groups in total. The summed E-state index contributed by atoms with van der Waals surface area (Å²) in [6.45, 7) is 5.58. The Kier molecular flexibility index (Phi) is 4.80. The minimum absolute atomic E-state index is 0.0761. The number of likely N-dealkylation sites (tertiary alicyclic amines) is 1. The van der Waals surface area contributed by atoms with Crippen molar-refractivity contribution >= 4 is 11.8 Å². The highest BCUT2D eigenvalue weighted by Gasteiger charge is 2.56. The highest BCUT2D eigenvalue weighted by molar-refractivity contribution is 5.93. The standard InChI is InChI=1S/C22H23N5O4/c1-12-20(30-13(2)25-12)22(29)27-10-16-15(17(16)11-27)5-7-24-21(28)18-8-19(31-26-18)14-4-3-6-23-9-14/h3-4,6,8-9,15-17H,5,7,10-11H2,1-2H3,(H,24,28)/t15-,16-,17+. The molecule has 3 aromatic rings. The molecule has 3 atom stereocenters. The molecular formula is C22H23N5O4. The number of carbonyl (C=O) groups excluding carboxylic acids is 2. The minimum Gasteiger partial charge on any atom is -0.436 e. The number of oxazole rings is 1. The number of nitrogens with one attached hydrogen (secondary N) is 1. The normalized spacial score (nSPS) is 21.7. The maximum Gasteiger partial charge on any atom is 0.291 e. The molecule has 2 fully saturated rings. The fourth-order valence-corrected chi connectivity index (χ4v) is 4.59. The van der Waals surface area contributed by atoms with Crippen molar-refractivity contribution in [1.29, 1.82) is 0 Å². The molecule has 4 heterocycles. The van der Waals surface area contributed by atoms with Crippen LogP contribution in [0.1, 0.15) is 39.0 Å². The molecule has 0 aromatic carbocycles. The Bertz CT molecular complexity index is 1110. The number of aromatic nitrogens is 3. The third-order valence-corrected chi connectivity index (χ3v) is 6.21. The summed E-state index contributed by atoms with van der Waals surface area (Å²) in [5, 5.41) is 6.77. The molecule has 0 unspecified atom stereocenters. The lowest BCUT2D eigenvalue weighted by atomic mass is 10.2. The van der Waals surface area contributed by atoms with Crippen molar-refractivity contribution in [3.8, 4) is 11.3 Å². The highest BCUT2D eigenvalue weighted by Crippen LogP contribution is 2.53. The van der Waals surface area contributed by atoms with Crippen molar-refractivity contribution < 1.29 is 18.5 Å². The number of aryl methyl sites for hydroxylation is 2. The number of nitrogens with zero attached hydrogens (tertiary/aromatic N) is 4. The van der Waals surface area contributed by atoms with E-state index in [1.54, 1.807) is 38.4 Å². The maximum absolute atomic E-state index is 12.6. The molecule has 0 radical (unpaired) electrons. The first-order chi connectivity index (χ1) is 15.0. The van der Waals surface area contributed by atoms with Gasteiger partial charge in [-0.15, -0.1) is 0 Å². The first-order valence-electron chi connectivity index (χ1n) is 10.4. The van der Waals surface area contributed by atoms with Crippen LogP contribution in [-0.4, -0.2) is 51.5 Å². The Morgan fingerprint density at radius 1 is 1.26 bits per heavy atom. The second-order valence-electron chi connectivity index (χ2n) is 8.21. The van der Waals surface area contributed by atoms with Crippen LogP contribution in [0.25, 0.3) is 11.3 Å². The quantitative estimate of drug-likeness (QED) is 0.650. The van der Waals surface area contributed by atoms with Gasteiger partial charge in [-0.25, -0.2) is 4.98 Å². The van der Waals surface area contributed by atoms with Crippen molar-refractivity contribution in [1.82, 2.24) is 25.3 Å². The van der Waals surface area contributed by atoms with E-state index < -0.39 is 0 Å². The Hall–Kier alpha value is -3.49. The second kappa shape index (κ2) is 7.64. The van der Waals surface area contributed by atoms with Gasteiger partial charge in [0.15, 0.2) is 17.3 Å². The number of hydrogen-bond acceptors (Lipinski definition) is 7. The summed E-state index contributed by atoms with van der Waals surface area (Å²) in [5.41, 5.74) is 1.67. The lowest BCUT2D eigenvalue weighted by Crippen LogP contribution is -2.32. The van der Waals surface area contributed by atoms with Crippen molar-refractivity contribution in [3.63, 3.8) is 0 Å². The summed E-state index contributed by atoms with van der Waals surface area (Å²) >= 11 is 0. The molecular weight excluding hydrogens is 398 g/mol. The van der Waals surface area contributed by atoms with Crippen LogP contribution in [-0.2, 0) is 0 Å². The van der Waals surface area contributed by atoms with Crippen molar-refractivity contribution in [2.45, 2.75) is 20.3 Å². The smallest absolute Gasteiger partial charge is 0.291 e. The van der Waals surface area contributed by atoms with Gasteiger partial charge in [-0.05, 0) is 43.2 Å². The summed E-state index contributed by atoms with van der Waals surface area (Å²) in [7, 11) is 0. The maximum atomic E-state index is 12.6. The number of pyridine rings is 1. The first kappa shape index (κ1) is 19.5. The molecule has 1 aliphatic carbocycles. The summed E-state index contributed by atoms with van der Waals surface area (Å²) in [6, 6.07) is 5.27. The number of rotatable bonds is 6. The minimum atomic E-state index is -0.252. The monoisotopic (exact) mass is 421 g/mol. The average Bonchev–Trinajstić information content (AvgIpc) is 3.22. The number of hydrogen-bond donors (Lipinski definition) is 1. The van der Waals surface area contributed by atoms with Gasteiger partial charge in [-0.1, -0.05) is 5.16 Å². The summed E-state index contributed by atoms with van der Waals surface area (Å²) in [6.07, 6.45) is 4.22. The largest absolute Gasteiger partial charge is 0.436 e. The van der Waals surface area contributed by atoms with Crippen LogP contribution < -0.4 is 5.32 Å². The van der Waals surface area contributed by atoms with Gasteiger partial charge in [-0.3, -0.25) is 14.6 Å². The molecule has 2 aliphatic rings. The molecule has 160 valence electrons. The molecule has 9 nitrogen and oxygen atoms in total. The third kappa shape index (κ3) is 3.71. The molecule has 0 bridgehead atoms. The lowest BCUT2D eigenvalue weighted by Gasteiger charge is -2.18. The van der Waals surface area contributed by atoms with E-state index in [-0.39, 0.29) is 17.5 Å². The Balaban J connectivity index is 1.08. The Morgan fingerprint density at radius 2 is 2.06 bits per heavy atom. The van der Waals surface area contributed by atoms with Crippen molar-refractivity contribution in [2.24, 2.45) is 17.8 Å².